The lowest BCUT2D eigenvalue weighted by atomic mass is 10.3. The maximum atomic E-state index is 13.1. The summed E-state index contributed by atoms with van der Waals surface area (Å²) in [4.78, 5) is 20.6. The third-order valence-electron chi connectivity index (χ3n) is 1.88. The Kier molecular flexibility index (Phi) is 3.72. The Hall–Kier alpha value is -2.06. The SMILES string of the molecule is O=[N+]([O-])c1ccc(F)cc1Oc1nc(Cl)nc(Cl)n1. The normalized spacial score (nSPS) is 10.3. The number of hydrogen-bond donors (Lipinski definition) is 0. The summed E-state index contributed by atoms with van der Waals surface area (Å²) in [6.45, 7) is 0. The van der Waals surface area contributed by atoms with E-state index in [9.17, 15) is 14.5 Å². The van der Waals surface area contributed by atoms with Crippen LogP contribution in [0.25, 0.3) is 0 Å². The molecule has 0 fully saturated rings. The van der Waals surface area contributed by atoms with Crippen LogP contribution >= 0.6 is 23.2 Å². The maximum absolute atomic E-state index is 13.1. The van der Waals surface area contributed by atoms with Crippen LogP contribution < -0.4 is 4.74 Å². The molecule has 0 amide bonds. The molecular weight excluding hydrogens is 302 g/mol. The topological polar surface area (TPSA) is 91.0 Å². The van der Waals surface area contributed by atoms with Crippen molar-refractivity contribution in [1.82, 2.24) is 15.0 Å². The highest BCUT2D eigenvalue weighted by Gasteiger charge is 2.18. The van der Waals surface area contributed by atoms with Crippen LogP contribution in [-0.2, 0) is 0 Å². The van der Waals surface area contributed by atoms with Crippen LogP contribution in [0.3, 0.4) is 0 Å². The van der Waals surface area contributed by atoms with E-state index < -0.39 is 16.4 Å². The molecule has 2 rings (SSSR count). The molecule has 1 aromatic heterocycles. The molecule has 0 saturated heterocycles. The molecule has 1 aromatic carbocycles. The standard InChI is InChI=1S/C9H3Cl2FN4O3/c10-7-13-8(11)15-9(14-7)19-6-3-4(12)1-2-5(6)16(17)18/h1-3H. The van der Waals surface area contributed by atoms with Crippen molar-refractivity contribution in [2.24, 2.45) is 0 Å². The van der Waals surface area contributed by atoms with Gasteiger partial charge in [-0.3, -0.25) is 10.1 Å². The molecule has 0 aliphatic heterocycles. The molecule has 0 bridgehead atoms. The van der Waals surface area contributed by atoms with Gasteiger partial charge in [0.05, 0.1) is 4.92 Å². The minimum Gasteiger partial charge on any atom is -0.417 e. The van der Waals surface area contributed by atoms with Crippen molar-refractivity contribution in [2.75, 3.05) is 0 Å². The molecule has 0 saturated carbocycles. The average Bonchev–Trinajstić information content (AvgIpc) is 2.26. The lowest BCUT2D eigenvalue weighted by Gasteiger charge is -2.04. The van der Waals surface area contributed by atoms with Crippen molar-refractivity contribution in [2.45, 2.75) is 0 Å². The van der Waals surface area contributed by atoms with E-state index in [0.29, 0.717) is 0 Å². The Balaban J connectivity index is 2.42. The molecule has 0 aliphatic rings. The minimum absolute atomic E-state index is 0.256. The first-order chi connectivity index (χ1) is 8.95. The van der Waals surface area contributed by atoms with Gasteiger partial charge in [0.2, 0.25) is 16.3 Å². The molecule has 1 heterocycles. The molecule has 98 valence electrons. The fraction of sp³-hybridized carbons (Fsp3) is 0. The van der Waals surface area contributed by atoms with Crippen molar-refractivity contribution in [3.63, 3.8) is 0 Å². The summed E-state index contributed by atoms with van der Waals surface area (Å²) in [5.41, 5.74) is -0.450. The number of nitro benzene ring substituents is 1. The molecule has 0 radical (unpaired) electrons. The first kappa shape index (κ1) is 13.4. The summed E-state index contributed by atoms with van der Waals surface area (Å²) in [6, 6.07) is 2.33. The van der Waals surface area contributed by atoms with Crippen LogP contribution in [0, 0.1) is 15.9 Å². The lowest BCUT2D eigenvalue weighted by molar-refractivity contribution is -0.385. The molecular formula is C9H3Cl2FN4O3. The van der Waals surface area contributed by atoms with Crippen molar-refractivity contribution >= 4 is 28.9 Å². The maximum Gasteiger partial charge on any atom is 0.327 e. The largest absolute Gasteiger partial charge is 0.417 e. The summed E-state index contributed by atoms with van der Waals surface area (Å²) < 4.78 is 18.1. The van der Waals surface area contributed by atoms with Crippen LogP contribution in [0.1, 0.15) is 0 Å². The van der Waals surface area contributed by atoms with E-state index in [4.69, 9.17) is 27.9 Å². The zero-order valence-electron chi connectivity index (χ0n) is 8.88. The molecule has 0 spiro atoms. The molecule has 0 aliphatic carbocycles. The van der Waals surface area contributed by atoms with Gasteiger partial charge in [0.15, 0.2) is 0 Å². The molecule has 10 heteroatoms. The van der Waals surface area contributed by atoms with Crippen molar-refractivity contribution in [1.29, 1.82) is 0 Å². The summed E-state index contributed by atoms with van der Waals surface area (Å²) >= 11 is 11.0. The van der Waals surface area contributed by atoms with Gasteiger partial charge in [0.25, 0.3) is 0 Å². The predicted molar refractivity (Wildman–Crippen MR) is 63.0 cm³/mol. The second-order valence-corrected chi connectivity index (χ2v) is 3.80. The van der Waals surface area contributed by atoms with E-state index in [1.807, 2.05) is 0 Å². The number of benzene rings is 1. The predicted octanol–water partition coefficient (Wildman–Crippen LogP) is 3.02. The molecule has 0 atom stereocenters. The number of nitro groups is 1. The molecule has 7 nitrogen and oxygen atoms in total. The van der Waals surface area contributed by atoms with Gasteiger partial charge in [0, 0.05) is 12.1 Å². The second kappa shape index (κ2) is 5.29. The Morgan fingerprint density at radius 3 is 2.42 bits per heavy atom. The second-order valence-electron chi connectivity index (χ2n) is 3.13. The van der Waals surface area contributed by atoms with Gasteiger partial charge in [-0.2, -0.15) is 15.0 Å². The third kappa shape index (κ3) is 3.24. The Morgan fingerprint density at radius 1 is 1.21 bits per heavy atom. The number of hydrogen-bond acceptors (Lipinski definition) is 6. The lowest BCUT2D eigenvalue weighted by Crippen LogP contribution is -1.98. The van der Waals surface area contributed by atoms with Crippen molar-refractivity contribution in [3.05, 3.63) is 44.7 Å². The van der Waals surface area contributed by atoms with Crippen LogP contribution in [0.5, 0.6) is 11.8 Å². The highest BCUT2D eigenvalue weighted by molar-refractivity contribution is 6.31. The van der Waals surface area contributed by atoms with Gasteiger partial charge >= 0.3 is 11.7 Å². The summed E-state index contributed by atoms with van der Waals surface area (Å²) in [5, 5.41) is 10.2. The number of ether oxygens (including phenoxy) is 1. The van der Waals surface area contributed by atoms with Crippen LogP contribution in [0.4, 0.5) is 10.1 Å². The van der Waals surface area contributed by atoms with Gasteiger partial charge in [-0.1, -0.05) is 0 Å². The van der Waals surface area contributed by atoms with E-state index in [1.54, 1.807) is 0 Å². The van der Waals surface area contributed by atoms with Gasteiger partial charge in [-0.25, -0.2) is 4.39 Å². The van der Waals surface area contributed by atoms with E-state index >= 15 is 0 Å². The highest BCUT2D eigenvalue weighted by Crippen LogP contribution is 2.30. The first-order valence-corrected chi connectivity index (χ1v) is 5.40. The van der Waals surface area contributed by atoms with Gasteiger partial charge in [-0.15, -0.1) is 0 Å². The smallest absolute Gasteiger partial charge is 0.327 e. The number of rotatable bonds is 3. The van der Waals surface area contributed by atoms with E-state index in [0.717, 1.165) is 18.2 Å². The number of halogens is 3. The van der Waals surface area contributed by atoms with E-state index in [1.165, 1.54) is 0 Å². The van der Waals surface area contributed by atoms with E-state index in [-0.39, 0.29) is 22.3 Å². The van der Waals surface area contributed by atoms with Gasteiger partial charge < -0.3 is 4.74 Å². The van der Waals surface area contributed by atoms with Crippen molar-refractivity contribution in [3.8, 4) is 11.8 Å². The first-order valence-electron chi connectivity index (χ1n) is 4.64. The average molecular weight is 305 g/mol. The minimum atomic E-state index is -0.737. The van der Waals surface area contributed by atoms with Crippen LogP contribution in [0.2, 0.25) is 10.6 Å². The molecule has 0 N–H and O–H groups in total. The molecule has 0 unspecified atom stereocenters. The summed E-state index contributed by atoms with van der Waals surface area (Å²) in [7, 11) is 0. The fourth-order valence-corrected chi connectivity index (χ4v) is 1.52. The zero-order valence-corrected chi connectivity index (χ0v) is 10.4. The van der Waals surface area contributed by atoms with Crippen molar-refractivity contribution < 1.29 is 14.1 Å². The monoisotopic (exact) mass is 304 g/mol. The van der Waals surface area contributed by atoms with Crippen LogP contribution in [-0.4, -0.2) is 19.9 Å². The third-order valence-corrected chi connectivity index (χ3v) is 2.22. The Bertz CT molecular complexity index is 635. The van der Waals surface area contributed by atoms with E-state index in [2.05, 4.69) is 15.0 Å². The number of aromatic nitrogens is 3. The Labute approximate surface area is 115 Å². The molecule has 2 aromatic rings. The number of nitrogens with zero attached hydrogens (tertiary/aromatic N) is 4. The quantitative estimate of drug-likeness (QED) is 0.639. The fourth-order valence-electron chi connectivity index (χ4n) is 1.17. The van der Waals surface area contributed by atoms with Crippen LogP contribution in [0.15, 0.2) is 18.2 Å². The molecule has 19 heavy (non-hydrogen) atoms. The Morgan fingerprint density at radius 2 is 1.84 bits per heavy atom. The van der Waals surface area contributed by atoms with Gasteiger partial charge in [0.1, 0.15) is 5.82 Å². The van der Waals surface area contributed by atoms with Gasteiger partial charge in [-0.05, 0) is 29.3 Å². The summed E-state index contributed by atoms with van der Waals surface area (Å²) in [5.74, 6) is -1.09. The highest BCUT2D eigenvalue weighted by atomic mass is 35.5. The zero-order chi connectivity index (χ0) is 14.0. The summed E-state index contributed by atoms with van der Waals surface area (Å²) in [6.07, 6.45) is 0.